The van der Waals surface area contributed by atoms with Crippen LogP contribution in [-0.4, -0.2) is 25.0 Å². The second-order valence-corrected chi connectivity index (χ2v) is 6.13. The standard InChI is InChI=1S/C19H25NO3/c1-15-7-5-6-10-17(15)14-23-19(22)11-12-20-18(21)13-16-8-3-2-4-9-16/h2-6,8-9,15,17H,7,10-14H2,1H3,(H,20,21). The number of amides is 1. The average molecular weight is 315 g/mol. The first-order valence-electron chi connectivity index (χ1n) is 8.26. The maximum absolute atomic E-state index is 11.8. The van der Waals surface area contributed by atoms with Crippen LogP contribution in [-0.2, 0) is 20.7 Å². The number of nitrogens with one attached hydrogen (secondary N) is 1. The largest absolute Gasteiger partial charge is 0.465 e. The highest BCUT2D eigenvalue weighted by Gasteiger charge is 2.19. The fraction of sp³-hybridized carbons (Fsp3) is 0.474. The van der Waals surface area contributed by atoms with Gasteiger partial charge in [0.25, 0.3) is 0 Å². The quantitative estimate of drug-likeness (QED) is 0.622. The van der Waals surface area contributed by atoms with Crippen molar-refractivity contribution in [1.29, 1.82) is 0 Å². The maximum atomic E-state index is 11.8. The topological polar surface area (TPSA) is 55.4 Å². The summed E-state index contributed by atoms with van der Waals surface area (Å²) in [5.74, 6) is 0.650. The molecule has 0 saturated carbocycles. The van der Waals surface area contributed by atoms with E-state index in [0.717, 1.165) is 18.4 Å². The van der Waals surface area contributed by atoms with Gasteiger partial charge in [-0.2, -0.15) is 0 Å². The summed E-state index contributed by atoms with van der Waals surface area (Å²) in [5.41, 5.74) is 0.965. The first-order chi connectivity index (χ1) is 11.1. The van der Waals surface area contributed by atoms with Gasteiger partial charge in [0.05, 0.1) is 19.4 Å². The number of ether oxygens (including phenoxy) is 1. The Morgan fingerprint density at radius 2 is 1.91 bits per heavy atom. The Kier molecular flexibility index (Phi) is 6.85. The normalized spacial score (nSPS) is 20.0. The van der Waals surface area contributed by atoms with Crippen LogP contribution in [0, 0.1) is 11.8 Å². The van der Waals surface area contributed by atoms with Gasteiger partial charge in [-0.05, 0) is 30.2 Å². The molecule has 2 unspecified atom stereocenters. The summed E-state index contributed by atoms with van der Waals surface area (Å²) >= 11 is 0. The molecule has 0 fully saturated rings. The fourth-order valence-corrected chi connectivity index (χ4v) is 2.66. The van der Waals surface area contributed by atoms with Crippen LogP contribution in [0.3, 0.4) is 0 Å². The Balaban J connectivity index is 1.59. The van der Waals surface area contributed by atoms with E-state index >= 15 is 0 Å². The highest BCUT2D eigenvalue weighted by Crippen LogP contribution is 2.25. The van der Waals surface area contributed by atoms with Gasteiger partial charge in [0.2, 0.25) is 5.91 Å². The van der Waals surface area contributed by atoms with Crippen molar-refractivity contribution < 1.29 is 14.3 Å². The smallest absolute Gasteiger partial charge is 0.307 e. The van der Waals surface area contributed by atoms with Crippen molar-refractivity contribution in [3.8, 4) is 0 Å². The van der Waals surface area contributed by atoms with Crippen molar-refractivity contribution in [2.75, 3.05) is 13.2 Å². The molecule has 2 rings (SSSR count). The predicted octanol–water partition coefficient (Wildman–Crippen LogP) is 2.88. The van der Waals surface area contributed by atoms with Crippen molar-refractivity contribution in [1.82, 2.24) is 5.32 Å². The van der Waals surface area contributed by atoms with E-state index in [1.807, 2.05) is 30.3 Å². The molecule has 1 N–H and O–H groups in total. The molecule has 4 nitrogen and oxygen atoms in total. The number of rotatable bonds is 7. The average Bonchev–Trinajstić information content (AvgIpc) is 2.55. The first kappa shape index (κ1) is 17.3. The van der Waals surface area contributed by atoms with E-state index in [9.17, 15) is 9.59 Å². The van der Waals surface area contributed by atoms with E-state index in [1.165, 1.54) is 0 Å². The van der Waals surface area contributed by atoms with Gasteiger partial charge in [-0.25, -0.2) is 0 Å². The summed E-state index contributed by atoms with van der Waals surface area (Å²) in [7, 11) is 0. The molecule has 0 heterocycles. The monoisotopic (exact) mass is 315 g/mol. The van der Waals surface area contributed by atoms with Gasteiger partial charge in [0, 0.05) is 6.54 Å². The highest BCUT2D eigenvalue weighted by atomic mass is 16.5. The zero-order valence-electron chi connectivity index (χ0n) is 13.7. The van der Waals surface area contributed by atoms with E-state index in [2.05, 4.69) is 24.4 Å². The summed E-state index contributed by atoms with van der Waals surface area (Å²) in [6.07, 6.45) is 6.92. The molecule has 1 aliphatic rings. The highest BCUT2D eigenvalue weighted by molar-refractivity contribution is 5.79. The third-order valence-electron chi connectivity index (χ3n) is 4.24. The van der Waals surface area contributed by atoms with E-state index in [-0.39, 0.29) is 18.3 Å². The molecule has 23 heavy (non-hydrogen) atoms. The van der Waals surface area contributed by atoms with Crippen molar-refractivity contribution in [2.24, 2.45) is 11.8 Å². The van der Waals surface area contributed by atoms with Crippen LogP contribution in [0.4, 0.5) is 0 Å². The second kappa shape index (κ2) is 9.13. The van der Waals surface area contributed by atoms with E-state index in [0.29, 0.717) is 31.4 Å². The Bertz CT molecular complexity index is 539. The summed E-state index contributed by atoms with van der Waals surface area (Å²) in [5, 5.41) is 2.76. The predicted molar refractivity (Wildman–Crippen MR) is 89.8 cm³/mol. The molecule has 1 amide bonds. The fourth-order valence-electron chi connectivity index (χ4n) is 2.66. The minimum atomic E-state index is -0.244. The summed E-state index contributed by atoms with van der Waals surface area (Å²) in [6, 6.07) is 9.55. The Morgan fingerprint density at radius 3 is 2.65 bits per heavy atom. The Labute approximate surface area is 137 Å². The number of esters is 1. The van der Waals surface area contributed by atoms with Crippen LogP contribution in [0.5, 0.6) is 0 Å². The zero-order chi connectivity index (χ0) is 16.5. The van der Waals surface area contributed by atoms with Crippen molar-refractivity contribution in [3.05, 3.63) is 48.0 Å². The summed E-state index contributed by atoms with van der Waals surface area (Å²) < 4.78 is 5.33. The molecule has 0 radical (unpaired) electrons. The minimum absolute atomic E-state index is 0.0740. The number of hydrogen-bond donors (Lipinski definition) is 1. The van der Waals surface area contributed by atoms with Crippen LogP contribution in [0.15, 0.2) is 42.5 Å². The number of carbonyl (C=O) groups excluding carboxylic acids is 2. The number of carbonyl (C=O) groups is 2. The molecule has 1 aliphatic carbocycles. The lowest BCUT2D eigenvalue weighted by Gasteiger charge is -2.24. The second-order valence-electron chi connectivity index (χ2n) is 6.13. The SMILES string of the molecule is CC1CC=CCC1COC(=O)CCNC(=O)Cc1ccccc1. The van der Waals surface area contributed by atoms with Crippen LogP contribution < -0.4 is 5.32 Å². The van der Waals surface area contributed by atoms with Crippen LogP contribution >= 0.6 is 0 Å². The van der Waals surface area contributed by atoms with Gasteiger partial charge in [-0.3, -0.25) is 9.59 Å². The molecular formula is C19H25NO3. The third-order valence-corrected chi connectivity index (χ3v) is 4.24. The van der Waals surface area contributed by atoms with E-state index < -0.39 is 0 Å². The van der Waals surface area contributed by atoms with Crippen molar-refractivity contribution in [3.63, 3.8) is 0 Å². The first-order valence-corrected chi connectivity index (χ1v) is 8.26. The molecule has 1 aromatic carbocycles. The summed E-state index contributed by atoms with van der Waals surface area (Å²) in [4.78, 5) is 23.5. The zero-order valence-corrected chi connectivity index (χ0v) is 13.7. The van der Waals surface area contributed by atoms with Crippen molar-refractivity contribution >= 4 is 11.9 Å². The van der Waals surface area contributed by atoms with Gasteiger partial charge in [0.15, 0.2) is 0 Å². The lowest BCUT2D eigenvalue weighted by atomic mass is 9.85. The lowest BCUT2D eigenvalue weighted by Crippen LogP contribution is -2.28. The molecule has 0 spiro atoms. The van der Waals surface area contributed by atoms with Crippen LogP contribution in [0.1, 0.15) is 31.7 Å². The molecule has 0 aliphatic heterocycles. The van der Waals surface area contributed by atoms with E-state index in [4.69, 9.17) is 4.74 Å². The number of benzene rings is 1. The van der Waals surface area contributed by atoms with Crippen molar-refractivity contribution in [2.45, 2.75) is 32.6 Å². The van der Waals surface area contributed by atoms with Gasteiger partial charge in [-0.1, -0.05) is 49.4 Å². The molecule has 0 bridgehead atoms. The van der Waals surface area contributed by atoms with E-state index in [1.54, 1.807) is 0 Å². The molecule has 2 atom stereocenters. The Hall–Kier alpha value is -2.10. The summed E-state index contributed by atoms with van der Waals surface area (Å²) in [6.45, 7) is 2.98. The molecular weight excluding hydrogens is 290 g/mol. The molecule has 4 heteroatoms. The van der Waals surface area contributed by atoms with Gasteiger partial charge >= 0.3 is 5.97 Å². The molecule has 0 aromatic heterocycles. The minimum Gasteiger partial charge on any atom is -0.465 e. The lowest BCUT2D eigenvalue weighted by molar-refractivity contribution is -0.145. The third kappa shape index (κ3) is 6.27. The molecule has 0 saturated heterocycles. The maximum Gasteiger partial charge on any atom is 0.307 e. The van der Waals surface area contributed by atoms with Gasteiger partial charge in [-0.15, -0.1) is 0 Å². The van der Waals surface area contributed by atoms with Crippen LogP contribution in [0.2, 0.25) is 0 Å². The van der Waals surface area contributed by atoms with Crippen LogP contribution in [0.25, 0.3) is 0 Å². The molecule has 124 valence electrons. The Morgan fingerprint density at radius 1 is 1.17 bits per heavy atom. The number of allylic oxidation sites excluding steroid dienone is 2. The van der Waals surface area contributed by atoms with Gasteiger partial charge < -0.3 is 10.1 Å². The van der Waals surface area contributed by atoms with Gasteiger partial charge in [0.1, 0.15) is 0 Å². The molecule has 1 aromatic rings. The number of hydrogen-bond acceptors (Lipinski definition) is 3.